The second kappa shape index (κ2) is 8.48. The molecule has 1 aliphatic heterocycles. The van der Waals surface area contributed by atoms with Gasteiger partial charge in [-0.25, -0.2) is 12.8 Å². The monoisotopic (exact) mass is 440 g/mol. The third-order valence-electron chi connectivity index (χ3n) is 4.68. The Morgan fingerprint density at radius 3 is 2.62 bits per heavy atom. The van der Waals surface area contributed by atoms with Crippen molar-refractivity contribution in [2.45, 2.75) is 17.7 Å². The molecule has 29 heavy (non-hydrogen) atoms. The summed E-state index contributed by atoms with van der Waals surface area (Å²) in [4.78, 5) is 23.4. The van der Waals surface area contributed by atoms with Crippen molar-refractivity contribution in [1.29, 1.82) is 0 Å². The number of benzene rings is 2. The molecular formula is C19H18ClFN2O5S. The first-order valence-electron chi connectivity index (χ1n) is 8.78. The summed E-state index contributed by atoms with van der Waals surface area (Å²) in [6, 6.07) is 9.26. The Kier molecular flexibility index (Phi) is 6.21. The highest BCUT2D eigenvalue weighted by Crippen LogP contribution is 2.26. The predicted molar refractivity (Wildman–Crippen MR) is 105 cm³/mol. The number of para-hydroxylation sites is 1. The number of carbonyl (C=O) groups excluding carboxylic acids is 1. The van der Waals surface area contributed by atoms with Crippen LogP contribution in [-0.4, -0.2) is 42.8 Å². The minimum Gasteiger partial charge on any atom is -0.481 e. The molecule has 0 saturated carbocycles. The maximum atomic E-state index is 14.2. The highest BCUT2D eigenvalue weighted by atomic mass is 35.5. The van der Waals surface area contributed by atoms with Crippen molar-refractivity contribution < 1.29 is 27.5 Å². The van der Waals surface area contributed by atoms with Crippen molar-refractivity contribution in [3.8, 4) is 0 Å². The molecule has 1 amide bonds. The molecule has 1 atom stereocenters. The molecule has 2 aromatic carbocycles. The molecule has 7 nitrogen and oxygen atoms in total. The summed E-state index contributed by atoms with van der Waals surface area (Å²) in [7, 11) is -4.08. The van der Waals surface area contributed by atoms with Crippen LogP contribution in [0.25, 0.3) is 0 Å². The number of amides is 1. The molecule has 1 heterocycles. The molecule has 2 N–H and O–H groups in total. The number of carbonyl (C=O) groups is 2. The minimum absolute atomic E-state index is 0.157. The molecule has 154 valence electrons. The zero-order valence-corrected chi connectivity index (χ0v) is 16.7. The maximum absolute atomic E-state index is 14.2. The highest BCUT2D eigenvalue weighted by molar-refractivity contribution is 7.89. The van der Waals surface area contributed by atoms with Crippen LogP contribution in [0, 0.1) is 11.7 Å². The Labute approximate surface area is 172 Å². The van der Waals surface area contributed by atoms with Crippen LogP contribution in [0.3, 0.4) is 0 Å². The van der Waals surface area contributed by atoms with E-state index in [1.165, 1.54) is 6.07 Å². The van der Waals surface area contributed by atoms with Crippen LogP contribution in [0.15, 0.2) is 47.4 Å². The lowest BCUT2D eigenvalue weighted by Crippen LogP contribution is -2.42. The Morgan fingerprint density at radius 1 is 1.21 bits per heavy atom. The number of nitrogens with one attached hydrogen (secondary N) is 1. The normalized spacial score (nSPS) is 17.7. The summed E-state index contributed by atoms with van der Waals surface area (Å²) in [5, 5.41) is 11.9. The summed E-state index contributed by atoms with van der Waals surface area (Å²) in [6.07, 6.45) is 0.785. The fraction of sp³-hybridized carbons (Fsp3) is 0.263. The first-order valence-corrected chi connectivity index (χ1v) is 10.6. The average molecular weight is 441 g/mol. The van der Waals surface area contributed by atoms with Gasteiger partial charge in [0.15, 0.2) is 0 Å². The van der Waals surface area contributed by atoms with E-state index in [1.54, 1.807) is 18.2 Å². The van der Waals surface area contributed by atoms with Crippen LogP contribution in [0.1, 0.15) is 23.2 Å². The topological polar surface area (TPSA) is 104 Å². The molecular weight excluding hydrogens is 423 g/mol. The van der Waals surface area contributed by atoms with Crippen molar-refractivity contribution in [2.75, 3.05) is 18.4 Å². The third-order valence-corrected chi connectivity index (χ3v) is 6.87. The van der Waals surface area contributed by atoms with E-state index in [1.807, 2.05) is 0 Å². The zero-order chi connectivity index (χ0) is 21.2. The third kappa shape index (κ3) is 4.58. The number of nitrogens with zero attached hydrogens (tertiary/aromatic N) is 1. The number of carboxylic acids is 1. The van der Waals surface area contributed by atoms with Gasteiger partial charge in [-0.15, -0.1) is 0 Å². The smallest absolute Gasteiger partial charge is 0.307 e. The average Bonchev–Trinajstić information content (AvgIpc) is 2.70. The highest BCUT2D eigenvalue weighted by Gasteiger charge is 2.33. The van der Waals surface area contributed by atoms with Crippen LogP contribution in [-0.2, 0) is 14.8 Å². The number of halogens is 2. The van der Waals surface area contributed by atoms with Crippen LogP contribution < -0.4 is 5.32 Å². The van der Waals surface area contributed by atoms with Crippen molar-refractivity contribution >= 4 is 39.2 Å². The molecule has 1 fully saturated rings. The van der Waals surface area contributed by atoms with Crippen molar-refractivity contribution in [3.63, 3.8) is 0 Å². The number of carboxylic acid groups (broad SMARTS) is 1. The molecule has 1 aliphatic rings. The molecule has 0 bridgehead atoms. The predicted octanol–water partition coefficient (Wildman–Crippen LogP) is 3.22. The van der Waals surface area contributed by atoms with E-state index in [-0.39, 0.29) is 28.7 Å². The van der Waals surface area contributed by atoms with Gasteiger partial charge in [0.25, 0.3) is 5.91 Å². The number of aliphatic carboxylic acids is 1. The number of hydrogen-bond donors (Lipinski definition) is 2. The lowest BCUT2D eigenvalue weighted by atomic mass is 10.0. The molecule has 0 radical (unpaired) electrons. The van der Waals surface area contributed by atoms with Crippen molar-refractivity contribution in [1.82, 2.24) is 4.31 Å². The van der Waals surface area contributed by atoms with E-state index in [4.69, 9.17) is 11.6 Å². The van der Waals surface area contributed by atoms with Gasteiger partial charge in [-0.2, -0.15) is 4.31 Å². The van der Waals surface area contributed by atoms with E-state index in [0.717, 1.165) is 22.5 Å². The van der Waals surface area contributed by atoms with Gasteiger partial charge in [-0.1, -0.05) is 23.7 Å². The molecule has 0 aliphatic carbocycles. The standard InChI is InChI=1S/C19H18ClFN2O5S/c20-15-5-1-2-6-17(15)22-18(24)14-10-13(7-8-16(14)21)29(27,28)23-9-3-4-12(11-23)19(25)26/h1-2,5-8,10,12H,3-4,9,11H2,(H,22,24)(H,25,26)/t12-/m0/s1. The number of piperidine rings is 1. The SMILES string of the molecule is O=C(Nc1ccccc1Cl)c1cc(S(=O)(=O)N2CCC[C@H](C(=O)O)C2)ccc1F. The van der Waals surface area contributed by atoms with Gasteiger partial charge < -0.3 is 10.4 Å². The molecule has 0 unspecified atom stereocenters. The molecule has 0 aromatic heterocycles. The Morgan fingerprint density at radius 2 is 1.93 bits per heavy atom. The van der Waals surface area contributed by atoms with Gasteiger partial charge >= 0.3 is 5.97 Å². The van der Waals surface area contributed by atoms with Gasteiger partial charge in [0, 0.05) is 13.1 Å². The van der Waals surface area contributed by atoms with E-state index in [0.29, 0.717) is 12.8 Å². The number of anilines is 1. The van der Waals surface area contributed by atoms with Crippen molar-refractivity contribution in [2.24, 2.45) is 5.92 Å². The first kappa shape index (κ1) is 21.2. The Hall–Kier alpha value is -2.49. The van der Waals surface area contributed by atoms with Gasteiger partial charge in [-0.3, -0.25) is 9.59 Å². The van der Waals surface area contributed by atoms with E-state index in [2.05, 4.69) is 5.32 Å². The van der Waals surface area contributed by atoms with Gasteiger partial charge in [0.2, 0.25) is 10.0 Å². The van der Waals surface area contributed by atoms with E-state index < -0.39 is 39.2 Å². The summed E-state index contributed by atoms with van der Waals surface area (Å²) in [5.74, 6) is -3.61. The van der Waals surface area contributed by atoms with Gasteiger partial charge in [0.05, 0.1) is 27.1 Å². The fourth-order valence-electron chi connectivity index (χ4n) is 3.10. The second-order valence-electron chi connectivity index (χ2n) is 6.62. The van der Waals surface area contributed by atoms with Crippen LogP contribution in [0.4, 0.5) is 10.1 Å². The van der Waals surface area contributed by atoms with Crippen LogP contribution >= 0.6 is 11.6 Å². The lowest BCUT2D eigenvalue weighted by Gasteiger charge is -2.29. The van der Waals surface area contributed by atoms with E-state index in [9.17, 15) is 27.5 Å². The fourth-order valence-corrected chi connectivity index (χ4v) is 4.84. The molecule has 1 saturated heterocycles. The molecule has 3 rings (SSSR count). The number of sulfonamides is 1. The lowest BCUT2D eigenvalue weighted by molar-refractivity contribution is -0.142. The van der Waals surface area contributed by atoms with Gasteiger partial charge in [-0.05, 0) is 43.2 Å². The maximum Gasteiger partial charge on any atom is 0.307 e. The summed E-state index contributed by atoms with van der Waals surface area (Å²) in [5.41, 5.74) is -0.204. The first-order chi connectivity index (χ1) is 13.7. The Bertz CT molecular complexity index is 1060. The van der Waals surface area contributed by atoms with Crippen molar-refractivity contribution in [3.05, 3.63) is 58.9 Å². The zero-order valence-electron chi connectivity index (χ0n) is 15.1. The number of hydrogen-bond acceptors (Lipinski definition) is 4. The quantitative estimate of drug-likeness (QED) is 0.742. The van der Waals surface area contributed by atoms with Crippen LogP contribution in [0.2, 0.25) is 5.02 Å². The minimum atomic E-state index is -4.08. The Balaban J connectivity index is 1.89. The molecule has 0 spiro atoms. The van der Waals surface area contributed by atoms with Gasteiger partial charge in [0.1, 0.15) is 5.82 Å². The second-order valence-corrected chi connectivity index (χ2v) is 8.96. The van der Waals surface area contributed by atoms with Crippen LogP contribution in [0.5, 0.6) is 0 Å². The van der Waals surface area contributed by atoms with E-state index >= 15 is 0 Å². The largest absolute Gasteiger partial charge is 0.481 e. The number of rotatable bonds is 5. The summed E-state index contributed by atoms with van der Waals surface area (Å²) >= 11 is 5.98. The molecule has 10 heteroatoms. The summed E-state index contributed by atoms with van der Waals surface area (Å²) < 4.78 is 41.1. The molecule has 2 aromatic rings. The summed E-state index contributed by atoms with van der Waals surface area (Å²) in [6.45, 7) is -0.0131.